The van der Waals surface area contributed by atoms with Crippen molar-refractivity contribution in [3.63, 3.8) is 0 Å². The Balaban J connectivity index is 1.95. The van der Waals surface area contributed by atoms with Gasteiger partial charge in [-0.2, -0.15) is 5.10 Å². The molecule has 0 saturated heterocycles. The van der Waals surface area contributed by atoms with E-state index in [0.29, 0.717) is 5.92 Å². The molecule has 0 radical (unpaired) electrons. The lowest BCUT2D eigenvalue weighted by atomic mass is 10.2. The van der Waals surface area contributed by atoms with Crippen LogP contribution in [0.15, 0.2) is 30.5 Å². The molecule has 0 amide bonds. The van der Waals surface area contributed by atoms with Crippen LogP contribution in [-0.4, -0.2) is 21.3 Å². The summed E-state index contributed by atoms with van der Waals surface area (Å²) in [4.78, 5) is 4.65. The first-order valence-electron chi connectivity index (χ1n) is 6.79. The highest BCUT2D eigenvalue weighted by Gasteiger charge is 2.01. The Hall–Kier alpha value is -1.68. The van der Waals surface area contributed by atoms with Gasteiger partial charge < -0.3 is 5.32 Å². The van der Waals surface area contributed by atoms with Crippen molar-refractivity contribution in [3.05, 3.63) is 47.5 Å². The summed E-state index contributed by atoms with van der Waals surface area (Å²) in [6.07, 6.45) is 1.99. The summed E-state index contributed by atoms with van der Waals surface area (Å²) in [7, 11) is 0. The first-order chi connectivity index (χ1) is 9.13. The van der Waals surface area contributed by atoms with Gasteiger partial charge in [-0.1, -0.05) is 19.9 Å². The van der Waals surface area contributed by atoms with Crippen LogP contribution in [0.4, 0.5) is 0 Å². The average Bonchev–Trinajstić information content (AvgIpc) is 2.75. The zero-order valence-corrected chi connectivity index (χ0v) is 11.9. The molecular weight excluding hydrogens is 236 g/mol. The molecule has 0 spiro atoms. The van der Waals surface area contributed by atoms with E-state index in [-0.39, 0.29) is 0 Å². The molecule has 0 aliphatic heterocycles. The molecule has 0 unspecified atom stereocenters. The van der Waals surface area contributed by atoms with Crippen LogP contribution < -0.4 is 5.32 Å². The molecule has 2 aromatic heterocycles. The third-order valence-electron chi connectivity index (χ3n) is 2.82. The first kappa shape index (κ1) is 13.7. The smallest absolute Gasteiger partial charge is 0.0831 e. The highest BCUT2D eigenvalue weighted by Crippen LogP contribution is 2.03. The maximum absolute atomic E-state index is 4.65. The van der Waals surface area contributed by atoms with Gasteiger partial charge in [0.05, 0.1) is 23.6 Å². The monoisotopic (exact) mass is 258 g/mol. The van der Waals surface area contributed by atoms with E-state index in [9.17, 15) is 0 Å². The van der Waals surface area contributed by atoms with Crippen LogP contribution in [0, 0.1) is 12.8 Å². The molecule has 2 rings (SSSR count). The third-order valence-corrected chi connectivity index (χ3v) is 2.82. The van der Waals surface area contributed by atoms with Crippen LogP contribution in [0.25, 0.3) is 0 Å². The van der Waals surface area contributed by atoms with Gasteiger partial charge in [0.2, 0.25) is 0 Å². The Bertz CT molecular complexity index is 516. The van der Waals surface area contributed by atoms with Crippen LogP contribution in [0.2, 0.25) is 0 Å². The van der Waals surface area contributed by atoms with Crippen molar-refractivity contribution in [2.24, 2.45) is 5.92 Å². The van der Waals surface area contributed by atoms with Crippen LogP contribution >= 0.6 is 0 Å². The number of hydrogen-bond donors (Lipinski definition) is 1. The van der Waals surface area contributed by atoms with E-state index < -0.39 is 0 Å². The first-order valence-corrected chi connectivity index (χ1v) is 6.79. The number of aryl methyl sites for hydroxylation is 1. The molecular formula is C15H22N4. The summed E-state index contributed by atoms with van der Waals surface area (Å²) in [5.74, 6) is 0.662. The second-order valence-electron chi connectivity index (χ2n) is 5.30. The largest absolute Gasteiger partial charge is 0.311 e. The average molecular weight is 258 g/mol. The van der Waals surface area contributed by atoms with E-state index in [4.69, 9.17) is 0 Å². The van der Waals surface area contributed by atoms with Crippen molar-refractivity contribution in [1.29, 1.82) is 0 Å². The van der Waals surface area contributed by atoms with E-state index in [1.807, 2.05) is 29.9 Å². The van der Waals surface area contributed by atoms with Crippen LogP contribution in [0.5, 0.6) is 0 Å². The number of nitrogens with zero attached hydrogens (tertiary/aromatic N) is 3. The Morgan fingerprint density at radius 2 is 2.00 bits per heavy atom. The fourth-order valence-electron chi connectivity index (χ4n) is 1.92. The predicted molar refractivity (Wildman–Crippen MR) is 76.8 cm³/mol. The number of rotatable bonds is 6. The molecule has 19 heavy (non-hydrogen) atoms. The quantitative estimate of drug-likeness (QED) is 0.865. The second-order valence-corrected chi connectivity index (χ2v) is 5.30. The normalized spacial score (nSPS) is 11.2. The van der Waals surface area contributed by atoms with Crippen molar-refractivity contribution in [2.75, 3.05) is 6.54 Å². The summed E-state index contributed by atoms with van der Waals surface area (Å²) >= 11 is 0. The SMILES string of the molecule is Cc1ccn(Cc2cccc(CNCC(C)C)n2)n1. The Morgan fingerprint density at radius 1 is 1.21 bits per heavy atom. The number of aromatic nitrogens is 3. The minimum absolute atomic E-state index is 0.662. The topological polar surface area (TPSA) is 42.7 Å². The molecule has 0 saturated carbocycles. The molecule has 2 aromatic rings. The summed E-state index contributed by atoms with van der Waals surface area (Å²) in [5, 5.41) is 7.79. The van der Waals surface area contributed by atoms with Gasteiger partial charge in [-0.15, -0.1) is 0 Å². The lowest BCUT2D eigenvalue weighted by molar-refractivity contribution is 0.546. The van der Waals surface area contributed by atoms with Gasteiger partial charge in [0.1, 0.15) is 0 Å². The van der Waals surface area contributed by atoms with Gasteiger partial charge in [-0.3, -0.25) is 9.67 Å². The minimum Gasteiger partial charge on any atom is -0.311 e. The van der Waals surface area contributed by atoms with Gasteiger partial charge in [-0.05, 0) is 37.6 Å². The molecule has 0 bridgehead atoms. The molecule has 4 heteroatoms. The van der Waals surface area contributed by atoms with Gasteiger partial charge >= 0.3 is 0 Å². The molecule has 102 valence electrons. The van der Waals surface area contributed by atoms with E-state index >= 15 is 0 Å². The third kappa shape index (κ3) is 4.48. The van der Waals surface area contributed by atoms with E-state index in [1.54, 1.807) is 0 Å². The molecule has 0 aliphatic rings. The van der Waals surface area contributed by atoms with Gasteiger partial charge in [0, 0.05) is 12.7 Å². The molecule has 0 aromatic carbocycles. The molecule has 4 nitrogen and oxygen atoms in total. The number of hydrogen-bond acceptors (Lipinski definition) is 3. The fraction of sp³-hybridized carbons (Fsp3) is 0.467. The predicted octanol–water partition coefficient (Wildman–Crippen LogP) is 2.38. The molecule has 2 heterocycles. The van der Waals surface area contributed by atoms with Crippen LogP contribution in [0.1, 0.15) is 30.9 Å². The Kier molecular flexibility index (Phi) is 4.68. The van der Waals surface area contributed by atoms with E-state index in [2.05, 4.69) is 41.4 Å². The highest BCUT2D eigenvalue weighted by atomic mass is 15.3. The maximum atomic E-state index is 4.65. The molecule has 0 atom stereocenters. The summed E-state index contributed by atoms with van der Waals surface area (Å²) < 4.78 is 1.92. The minimum atomic E-state index is 0.662. The van der Waals surface area contributed by atoms with Gasteiger partial charge in [0.25, 0.3) is 0 Å². The van der Waals surface area contributed by atoms with Crippen molar-refractivity contribution in [3.8, 4) is 0 Å². The van der Waals surface area contributed by atoms with E-state index in [1.165, 1.54) is 0 Å². The second kappa shape index (κ2) is 6.48. The Labute approximate surface area is 114 Å². The van der Waals surface area contributed by atoms with E-state index in [0.717, 1.165) is 36.7 Å². The lowest BCUT2D eigenvalue weighted by Gasteiger charge is -2.08. The molecule has 0 aliphatic carbocycles. The number of nitrogens with one attached hydrogen (secondary N) is 1. The van der Waals surface area contributed by atoms with Gasteiger partial charge in [-0.25, -0.2) is 0 Å². The van der Waals surface area contributed by atoms with Gasteiger partial charge in [0.15, 0.2) is 0 Å². The zero-order chi connectivity index (χ0) is 13.7. The zero-order valence-electron chi connectivity index (χ0n) is 11.9. The summed E-state index contributed by atoms with van der Waals surface area (Å²) in [6.45, 7) is 8.98. The Morgan fingerprint density at radius 3 is 2.68 bits per heavy atom. The molecule has 0 fully saturated rings. The van der Waals surface area contributed by atoms with Crippen LogP contribution in [-0.2, 0) is 13.1 Å². The summed E-state index contributed by atoms with van der Waals surface area (Å²) in [6, 6.07) is 8.17. The van der Waals surface area contributed by atoms with Crippen molar-refractivity contribution in [1.82, 2.24) is 20.1 Å². The fourth-order valence-corrected chi connectivity index (χ4v) is 1.92. The standard InChI is InChI=1S/C15H22N4/c1-12(2)9-16-10-14-5-4-6-15(17-14)11-19-8-7-13(3)18-19/h4-8,12,16H,9-11H2,1-3H3. The van der Waals surface area contributed by atoms with Crippen molar-refractivity contribution in [2.45, 2.75) is 33.9 Å². The van der Waals surface area contributed by atoms with Crippen LogP contribution in [0.3, 0.4) is 0 Å². The number of pyridine rings is 1. The maximum Gasteiger partial charge on any atom is 0.0831 e. The van der Waals surface area contributed by atoms with Crippen molar-refractivity contribution < 1.29 is 0 Å². The summed E-state index contributed by atoms with van der Waals surface area (Å²) in [5.41, 5.74) is 3.17. The highest BCUT2D eigenvalue weighted by molar-refractivity contribution is 5.12. The molecule has 1 N–H and O–H groups in total. The van der Waals surface area contributed by atoms with Crippen molar-refractivity contribution >= 4 is 0 Å². The lowest BCUT2D eigenvalue weighted by Crippen LogP contribution is -2.20.